The van der Waals surface area contributed by atoms with Crippen molar-refractivity contribution >= 4 is 0 Å². The van der Waals surface area contributed by atoms with Crippen LogP contribution in [0.5, 0.6) is 0 Å². The van der Waals surface area contributed by atoms with Crippen LogP contribution in [0.1, 0.15) is 79.6 Å². The van der Waals surface area contributed by atoms with Crippen molar-refractivity contribution in [1.82, 2.24) is 10.2 Å². The van der Waals surface area contributed by atoms with Crippen LogP contribution in [0.2, 0.25) is 0 Å². The lowest BCUT2D eigenvalue weighted by Crippen LogP contribution is -2.60. The number of hydrogen-bond donors (Lipinski definition) is 1. The molecule has 1 unspecified atom stereocenters. The number of nitrogens with one attached hydrogen (secondary N) is 1. The van der Waals surface area contributed by atoms with Crippen LogP contribution in [-0.2, 0) is 0 Å². The van der Waals surface area contributed by atoms with Gasteiger partial charge in [0.25, 0.3) is 0 Å². The maximum Gasteiger partial charge on any atom is 0.0362 e. The maximum absolute atomic E-state index is 3.87. The number of nitrogens with zero attached hydrogens (tertiary/aromatic N) is 1. The average molecular weight is 283 g/mol. The molecule has 1 N–H and O–H groups in total. The van der Waals surface area contributed by atoms with Crippen molar-refractivity contribution in [2.24, 2.45) is 5.92 Å². The zero-order chi connectivity index (χ0) is 15.0. The van der Waals surface area contributed by atoms with Gasteiger partial charge in [0, 0.05) is 11.6 Å². The third kappa shape index (κ3) is 3.98. The predicted molar refractivity (Wildman–Crippen MR) is 90.3 cm³/mol. The summed E-state index contributed by atoms with van der Waals surface area (Å²) < 4.78 is 0. The molecule has 1 aliphatic carbocycles. The van der Waals surface area contributed by atoms with Crippen LogP contribution >= 0.6 is 0 Å². The summed E-state index contributed by atoms with van der Waals surface area (Å²) in [6.45, 7) is 15.2. The van der Waals surface area contributed by atoms with Crippen LogP contribution in [0.15, 0.2) is 0 Å². The lowest BCUT2D eigenvalue weighted by atomic mass is 9.79. The van der Waals surface area contributed by atoms with E-state index in [0.717, 1.165) is 12.5 Å². The van der Waals surface area contributed by atoms with Gasteiger partial charge in [0.2, 0.25) is 0 Å². The lowest BCUT2D eigenvalue weighted by Gasteiger charge is -2.47. The highest BCUT2D eigenvalue weighted by molar-refractivity contribution is 5.03. The zero-order valence-corrected chi connectivity index (χ0v) is 14.7. The number of likely N-dealkylation sites (N-methyl/N-ethyl adjacent to an activating group) is 2. The quantitative estimate of drug-likeness (QED) is 0.637. The summed E-state index contributed by atoms with van der Waals surface area (Å²) in [7, 11) is 0. The summed E-state index contributed by atoms with van der Waals surface area (Å²) >= 11 is 0. The zero-order valence-electron chi connectivity index (χ0n) is 14.7. The normalized spacial score (nSPS) is 19.9. The van der Waals surface area contributed by atoms with E-state index in [-0.39, 0.29) is 0 Å². The first-order valence-corrected chi connectivity index (χ1v) is 9.16. The summed E-state index contributed by atoms with van der Waals surface area (Å²) in [4.78, 5) is 2.76. The summed E-state index contributed by atoms with van der Waals surface area (Å²) in [6.07, 6.45) is 9.64. The molecule has 2 heteroatoms. The Hall–Kier alpha value is -0.0800. The fraction of sp³-hybridized carbons (Fsp3) is 1.00. The minimum atomic E-state index is 0.433. The largest absolute Gasteiger partial charge is 0.312 e. The van der Waals surface area contributed by atoms with E-state index in [1.807, 2.05) is 0 Å². The topological polar surface area (TPSA) is 15.3 Å². The Labute approximate surface area is 127 Å². The molecule has 1 aliphatic rings. The third-order valence-corrected chi connectivity index (χ3v) is 5.69. The first kappa shape index (κ1) is 18.0. The van der Waals surface area contributed by atoms with Gasteiger partial charge in [-0.2, -0.15) is 0 Å². The lowest BCUT2D eigenvalue weighted by molar-refractivity contribution is 0.0529. The van der Waals surface area contributed by atoms with Crippen LogP contribution in [0, 0.1) is 5.92 Å². The first-order chi connectivity index (χ1) is 9.68. The standard InChI is InChI=1S/C18H38N2/c1-6-16(7-2)15-17(19-8-3)18(13-11-12-14-18)20(9-4)10-5/h16-17,19H,6-15H2,1-5H3. The van der Waals surface area contributed by atoms with Crippen molar-refractivity contribution in [2.75, 3.05) is 19.6 Å². The van der Waals surface area contributed by atoms with E-state index in [9.17, 15) is 0 Å². The van der Waals surface area contributed by atoms with Crippen LogP contribution in [0.25, 0.3) is 0 Å². The van der Waals surface area contributed by atoms with Crippen molar-refractivity contribution in [1.29, 1.82) is 0 Å². The molecule has 0 spiro atoms. The van der Waals surface area contributed by atoms with E-state index < -0.39 is 0 Å². The summed E-state index contributed by atoms with van der Waals surface area (Å²) in [6, 6.07) is 0.680. The second-order valence-electron chi connectivity index (χ2n) is 6.51. The molecule has 1 atom stereocenters. The monoisotopic (exact) mass is 282 g/mol. The second-order valence-corrected chi connectivity index (χ2v) is 6.51. The molecule has 0 heterocycles. The van der Waals surface area contributed by atoms with Crippen molar-refractivity contribution < 1.29 is 0 Å². The summed E-state index contributed by atoms with van der Waals surface area (Å²) in [5.74, 6) is 0.882. The molecule has 1 rings (SSSR count). The van der Waals surface area contributed by atoms with E-state index in [1.54, 1.807) is 0 Å². The van der Waals surface area contributed by atoms with Crippen molar-refractivity contribution in [2.45, 2.75) is 91.1 Å². The number of rotatable bonds is 10. The van der Waals surface area contributed by atoms with Crippen LogP contribution < -0.4 is 5.32 Å². The van der Waals surface area contributed by atoms with E-state index in [1.165, 1.54) is 58.0 Å². The SMILES string of the molecule is CCNC(CC(CC)CC)C1(N(CC)CC)CCCC1. The maximum atomic E-state index is 3.87. The molecule has 0 aromatic rings. The highest BCUT2D eigenvalue weighted by Gasteiger charge is 2.44. The molecule has 0 aromatic heterocycles. The highest BCUT2D eigenvalue weighted by Crippen LogP contribution is 2.40. The minimum absolute atomic E-state index is 0.433. The van der Waals surface area contributed by atoms with Gasteiger partial charge in [0.1, 0.15) is 0 Å². The van der Waals surface area contributed by atoms with E-state index in [0.29, 0.717) is 11.6 Å². The average Bonchev–Trinajstić information content (AvgIpc) is 2.95. The third-order valence-electron chi connectivity index (χ3n) is 5.69. The Balaban J connectivity index is 2.92. The Morgan fingerprint density at radius 2 is 1.50 bits per heavy atom. The van der Waals surface area contributed by atoms with Gasteiger partial charge in [-0.05, 0) is 44.8 Å². The predicted octanol–water partition coefficient (Wildman–Crippen LogP) is 4.45. The molecule has 0 radical (unpaired) electrons. The van der Waals surface area contributed by atoms with Gasteiger partial charge in [0.15, 0.2) is 0 Å². The molecule has 1 fully saturated rings. The van der Waals surface area contributed by atoms with Crippen molar-refractivity contribution in [3.63, 3.8) is 0 Å². The molecule has 20 heavy (non-hydrogen) atoms. The van der Waals surface area contributed by atoms with E-state index in [2.05, 4.69) is 44.8 Å². The van der Waals surface area contributed by atoms with Crippen LogP contribution in [-0.4, -0.2) is 36.1 Å². The fourth-order valence-corrected chi connectivity index (χ4v) is 4.42. The molecule has 120 valence electrons. The van der Waals surface area contributed by atoms with Gasteiger partial charge >= 0.3 is 0 Å². The molecule has 0 amide bonds. The van der Waals surface area contributed by atoms with Crippen LogP contribution in [0.3, 0.4) is 0 Å². The van der Waals surface area contributed by atoms with E-state index >= 15 is 0 Å². The van der Waals surface area contributed by atoms with E-state index in [4.69, 9.17) is 0 Å². The summed E-state index contributed by atoms with van der Waals surface area (Å²) in [5.41, 5.74) is 0.433. The Morgan fingerprint density at radius 3 is 1.90 bits per heavy atom. The van der Waals surface area contributed by atoms with Crippen molar-refractivity contribution in [3.05, 3.63) is 0 Å². The second kappa shape index (κ2) is 9.04. The molecule has 1 saturated carbocycles. The molecule has 0 saturated heterocycles. The summed E-state index contributed by atoms with van der Waals surface area (Å²) in [5, 5.41) is 3.87. The van der Waals surface area contributed by atoms with Gasteiger partial charge in [-0.15, -0.1) is 0 Å². The Bertz CT molecular complexity index is 238. The fourth-order valence-electron chi connectivity index (χ4n) is 4.42. The Kier molecular flexibility index (Phi) is 8.13. The molecule has 0 aromatic carbocycles. The van der Waals surface area contributed by atoms with Crippen LogP contribution in [0.4, 0.5) is 0 Å². The van der Waals surface area contributed by atoms with Gasteiger partial charge in [-0.3, -0.25) is 4.90 Å². The van der Waals surface area contributed by atoms with Gasteiger partial charge < -0.3 is 5.32 Å². The first-order valence-electron chi connectivity index (χ1n) is 9.16. The van der Waals surface area contributed by atoms with Gasteiger partial charge in [0.05, 0.1) is 0 Å². The van der Waals surface area contributed by atoms with Crippen molar-refractivity contribution in [3.8, 4) is 0 Å². The molecule has 0 aliphatic heterocycles. The smallest absolute Gasteiger partial charge is 0.0362 e. The molecule has 0 bridgehead atoms. The molecular formula is C18H38N2. The minimum Gasteiger partial charge on any atom is -0.312 e. The molecule has 2 nitrogen and oxygen atoms in total. The Morgan fingerprint density at radius 1 is 0.950 bits per heavy atom. The number of hydrogen-bond acceptors (Lipinski definition) is 2. The highest BCUT2D eigenvalue weighted by atomic mass is 15.2. The van der Waals surface area contributed by atoms with Gasteiger partial charge in [-0.25, -0.2) is 0 Å². The molecular weight excluding hydrogens is 244 g/mol. The van der Waals surface area contributed by atoms with Gasteiger partial charge in [-0.1, -0.05) is 60.3 Å².